The Bertz CT molecular complexity index is 434. The van der Waals surface area contributed by atoms with Crippen molar-refractivity contribution in [2.45, 2.75) is 38.8 Å². The smallest absolute Gasteiger partial charge is 0.260 e. The summed E-state index contributed by atoms with van der Waals surface area (Å²) in [6.07, 6.45) is 3.40. The van der Waals surface area contributed by atoms with Crippen molar-refractivity contribution in [1.82, 2.24) is 4.90 Å². The van der Waals surface area contributed by atoms with Gasteiger partial charge in [0.05, 0.1) is 0 Å². The van der Waals surface area contributed by atoms with E-state index in [1.807, 2.05) is 29.2 Å². The van der Waals surface area contributed by atoms with Crippen molar-refractivity contribution >= 4 is 5.91 Å². The average molecular weight is 262 g/mol. The number of hydrogen-bond donors (Lipinski definition) is 1. The zero-order valence-electron chi connectivity index (χ0n) is 11.5. The molecule has 0 spiro atoms. The van der Waals surface area contributed by atoms with Gasteiger partial charge in [-0.3, -0.25) is 4.79 Å². The third-order valence-corrected chi connectivity index (χ3v) is 3.62. The molecule has 104 valence electrons. The Morgan fingerprint density at radius 3 is 3.05 bits per heavy atom. The average Bonchev–Trinajstić information content (AvgIpc) is 2.45. The highest BCUT2D eigenvalue weighted by molar-refractivity contribution is 5.78. The van der Waals surface area contributed by atoms with Gasteiger partial charge in [0.1, 0.15) is 5.75 Å². The highest BCUT2D eigenvalue weighted by Crippen LogP contribution is 2.17. The maximum Gasteiger partial charge on any atom is 0.260 e. The molecule has 1 amide bonds. The molecule has 0 radical (unpaired) electrons. The van der Waals surface area contributed by atoms with Gasteiger partial charge < -0.3 is 15.4 Å². The Kier molecular flexibility index (Phi) is 4.80. The lowest BCUT2D eigenvalue weighted by Crippen LogP contribution is -2.44. The number of ether oxygens (including phenoxy) is 1. The summed E-state index contributed by atoms with van der Waals surface area (Å²) in [6.45, 7) is 3.55. The second kappa shape index (κ2) is 6.57. The summed E-state index contributed by atoms with van der Waals surface area (Å²) in [6, 6.07) is 7.91. The maximum absolute atomic E-state index is 12.1. The van der Waals surface area contributed by atoms with Crippen LogP contribution in [-0.2, 0) is 11.3 Å². The van der Waals surface area contributed by atoms with Crippen molar-refractivity contribution < 1.29 is 9.53 Å². The minimum atomic E-state index is 0.0744. The Hall–Kier alpha value is -1.55. The van der Waals surface area contributed by atoms with E-state index in [2.05, 4.69) is 6.92 Å². The van der Waals surface area contributed by atoms with Crippen LogP contribution in [0.1, 0.15) is 31.7 Å². The van der Waals surface area contributed by atoms with Crippen LogP contribution in [0.4, 0.5) is 0 Å². The molecular weight excluding hydrogens is 240 g/mol. The van der Waals surface area contributed by atoms with Gasteiger partial charge in [-0.25, -0.2) is 0 Å². The molecule has 1 aromatic rings. The van der Waals surface area contributed by atoms with Crippen LogP contribution in [0.15, 0.2) is 24.3 Å². The lowest BCUT2D eigenvalue weighted by atomic mass is 10.0. The van der Waals surface area contributed by atoms with Crippen LogP contribution in [-0.4, -0.2) is 30.0 Å². The SMILES string of the molecule is CC1CCCCN1C(=O)COc1cccc(CN)c1. The highest BCUT2D eigenvalue weighted by Gasteiger charge is 2.23. The quantitative estimate of drug-likeness (QED) is 0.902. The van der Waals surface area contributed by atoms with E-state index in [4.69, 9.17) is 10.5 Å². The van der Waals surface area contributed by atoms with Gasteiger partial charge in [-0.2, -0.15) is 0 Å². The molecule has 0 bridgehead atoms. The number of likely N-dealkylation sites (tertiary alicyclic amines) is 1. The van der Waals surface area contributed by atoms with E-state index in [1.165, 1.54) is 6.42 Å². The van der Waals surface area contributed by atoms with Crippen LogP contribution in [0.2, 0.25) is 0 Å². The van der Waals surface area contributed by atoms with Gasteiger partial charge in [-0.05, 0) is 43.9 Å². The van der Waals surface area contributed by atoms with E-state index in [9.17, 15) is 4.79 Å². The first kappa shape index (κ1) is 13.9. The fourth-order valence-corrected chi connectivity index (χ4v) is 2.46. The molecule has 4 nitrogen and oxygen atoms in total. The van der Waals surface area contributed by atoms with E-state index >= 15 is 0 Å². The number of carbonyl (C=O) groups excluding carboxylic acids is 1. The predicted octanol–water partition coefficient (Wildman–Crippen LogP) is 1.93. The van der Waals surface area contributed by atoms with Crippen LogP contribution in [0, 0.1) is 0 Å². The zero-order valence-corrected chi connectivity index (χ0v) is 11.5. The fourth-order valence-electron chi connectivity index (χ4n) is 2.46. The molecule has 1 atom stereocenters. The van der Waals surface area contributed by atoms with Gasteiger partial charge >= 0.3 is 0 Å². The first-order valence-electron chi connectivity index (χ1n) is 6.92. The van der Waals surface area contributed by atoms with Crippen LogP contribution in [0.25, 0.3) is 0 Å². The molecule has 2 rings (SSSR count). The molecule has 1 aliphatic rings. The van der Waals surface area contributed by atoms with Crippen LogP contribution < -0.4 is 10.5 Å². The Balaban J connectivity index is 1.88. The summed E-state index contributed by atoms with van der Waals surface area (Å²) in [5.74, 6) is 0.784. The topological polar surface area (TPSA) is 55.6 Å². The summed E-state index contributed by atoms with van der Waals surface area (Å²) in [7, 11) is 0. The first-order chi connectivity index (χ1) is 9.20. The molecular formula is C15H22N2O2. The standard InChI is InChI=1S/C15H22N2O2/c1-12-5-2-3-8-17(12)15(18)11-19-14-7-4-6-13(9-14)10-16/h4,6-7,9,12H,2-3,5,8,10-11,16H2,1H3. The Morgan fingerprint density at radius 1 is 1.47 bits per heavy atom. The summed E-state index contributed by atoms with van der Waals surface area (Å²) < 4.78 is 5.57. The third kappa shape index (κ3) is 3.70. The number of amides is 1. The number of rotatable bonds is 4. The number of benzene rings is 1. The molecule has 0 aliphatic carbocycles. The van der Waals surface area contributed by atoms with Crippen molar-refractivity contribution in [1.29, 1.82) is 0 Å². The van der Waals surface area contributed by atoms with Crippen LogP contribution in [0.3, 0.4) is 0 Å². The first-order valence-corrected chi connectivity index (χ1v) is 6.92. The predicted molar refractivity (Wildman–Crippen MR) is 74.9 cm³/mol. The molecule has 1 saturated heterocycles. The molecule has 0 aromatic heterocycles. The van der Waals surface area contributed by atoms with Crippen molar-refractivity contribution in [3.63, 3.8) is 0 Å². The van der Waals surface area contributed by atoms with E-state index in [0.717, 1.165) is 24.9 Å². The van der Waals surface area contributed by atoms with Crippen LogP contribution >= 0.6 is 0 Å². The van der Waals surface area contributed by atoms with Gasteiger partial charge in [0.25, 0.3) is 5.91 Å². The molecule has 1 heterocycles. The zero-order chi connectivity index (χ0) is 13.7. The van der Waals surface area contributed by atoms with E-state index in [-0.39, 0.29) is 12.5 Å². The number of nitrogens with two attached hydrogens (primary N) is 1. The van der Waals surface area contributed by atoms with Crippen molar-refractivity contribution in [3.8, 4) is 5.75 Å². The molecule has 4 heteroatoms. The van der Waals surface area contributed by atoms with Gasteiger partial charge in [-0.1, -0.05) is 12.1 Å². The number of carbonyl (C=O) groups is 1. The summed E-state index contributed by atoms with van der Waals surface area (Å²) >= 11 is 0. The monoisotopic (exact) mass is 262 g/mol. The number of piperidine rings is 1. The number of nitrogens with zero attached hydrogens (tertiary/aromatic N) is 1. The minimum Gasteiger partial charge on any atom is -0.484 e. The summed E-state index contributed by atoms with van der Waals surface area (Å²) in [4.78, 5) is 14.0. The largest absolute Gasteiger partial charge is 0.484 e. The summed E-state index contributed by atoms with van der Waals surface area (Å²) in [5.41, 5.74) is 6.59. The van der Waals surface area contributed by atoms with E-state index in [0.29, 0.717) is 18.3 Å². The lowest BCUT2D eigenvalue weighted by Gasteiger charge is -2.33. The third-order valence-electron chi connectivity index (χ3n) is 3.62. The van der Waals surface area contributed by atoms with Crippen molar-refractivity contribution in [2.75, 3.05) is 13.2 Å². The van der Waals surface area contributed by atoms with Crippen LogP contribution in [0.5, 0.6) is 5.75 Å². The molecule has 1 unspecified atom stereocenters. The van der Waals surface area contributed by atoms with Gasteiger partial charge in [-0.15, -0.1) is 0 Å². The van der Waals surface area contributed by atoms with Gasteiger partial charge in [0, 0.05) is 19.1 Å². The van der Waals surface area contributed by atoms with E-state index < -0.39 is 0 Å². The fraction of sp³-hybridized carbons (Fsp3) is 0.533. The number of hydrogen-bond acceptors (Lipinski definition) is 3. The molecule has 1 aliphatic heterocycles. The van der Waals surface area contributed by atoms with Gasteiger partial charge in [0.2, 0.25) is 0 Å². The Morgan fingerprint density at radius 2 is 2.32 bits per heavy atom. The summed E-state index contributed by atoms with van der Waals surface area (Å²) in [5, 5.41) is 0. The molecule has 2 N–H and O–H groups in total. The maximum atomic E-state index is 12.1. The molecule has 1 fully saturated rings. The van der Waals surface area contributed by atoms with Crippen molar-refractivity contribution in [3.05, 3.63) is 29.8 Å². The second-order valence-electron chi connectivity index (χ2n) is 5.07. The Labute approximate surface area is 114 Å². The molecule has 1 aromatic carbocycles. The minimum absolute atomic E-state index is 0.0744. The second-order valence-corrected chi connectivity index (χ2v) is 5.07. The van der Waals surface area contributed by atoms with E-state index in [1.54, 1.807) is 0 Å². The lowest BCUT2D eigenvalue weighted by molar-refractivity contribution is -0.136. The van der Waals surface area contributed by atoms with Crippen molar-refractivity contribution in [2.24, 2.45) is 5.73 Å². The molecule has 19 heavy (non-hydrogen) atoms. The highest BCUT2D eigenvalue weighted by atomic mass is 16.5. The molecule has 0 saturated carbocycles. The van der Waals surface area contributed by atoms with Gasteiger partial charge in [0.15, 0.2) is 6.61 Å². The normalized spacial score (nSPS) is 19.3.